The normalized spacial score (nSPS) is 10.5. The molecule has 0 unspecified atom stereocenters. The van der Waals surface area contributed by atoms with Crippen molar-refractivity contribution < 1.29 is 9.53 Å². The number of carbonyl (C=O) groups is 1. The summed E-state index contributed by atoms with van der Waals surface area (Å²) < 4.78 is 5.27. The van der Waals surface area contributed by atoms with Crippen molar-refractivity contribution in [1.29, 1.82) is 0 Å². The smallest absolute Gasteiger partial charge is 0.251 e. The number of amides is 1. The van der Waals surface area contributed by atoms with Crippen LogP contribution in [0.25, 0.3) is 11.4 Å². The summed E-state index contributed by atoms with van der Waals surface area (Å²) in [7, 11) is 1.58. The van der Waals surface area contributed by atoms with Crippen molar-refractivity contribution >= 4 is 11.6 Å². The lowest BCUT2D eigenvalue weighted by Crippen LogP contribution is -2.23. The van der Waals surface area contributed by atoms with Crippen LogP contribution in [0.1, 0.15) is 21.9 Å². The summed E-state index contributed by atoms with van der Waals surface area (Å²) in [5.41, 5.74) is 2.92. The second-order valence-corrected chi connectivity index (χ2v) is 6.63. The Bertz CT molecular complexity index is 1160. The van der Waals surface area contributed by atoms with Crippen molar-refractivity contribution in [1.82, 2.24) is 30.5 Å². The molecule has 0 aliphatic rings. The fourth-order valence-electron chi connectivity index (χ4n) is 2.98. The zero-order valence-electron chi connectivity index (χ0n) is 16.9. The number of nitrogens with one attached hydrogen (secondary N) is 3. The number of H-pyrrole nitrogens is 1. The van der Waals surface area contributed by atoms with Crippen molar-refractivity contribution in [2.45, 2.75) is 13.1 Å². The Kier molecular flexibility index (Phi) is 6.13. The highest BCUT2D eigenvalue weighted by atomic mass is 16.5. The lowest BCUT2D eigenvalue weighted by atomic mass is 10.2. The van der Waals surface area contributed by atoms with Gasteiger partial charge in [0.1, 0.15) is 17.3 Å². The first-order chi connectivity index (χ1) is 15.2. The van der Waals surface area contributed by atoms with E-state index in [0.29, 0.717) is 35.2 Å². The summed E-state index contributed by atoms with van der Waals surface area (Å²) in [5, 5.41) is 14.4. The van der Waals surface area contributed by atoms with E-state index in [0.717, 1.165) is 11.3 Å². The summed E-state index contributed by atoms with van der Waals surface area (Å²) in [5.74, 6) is 1.80. The maximum absolute atomic E-state index is 12.6. The van der Waals surface area contributed by atoms with Gasteiger partial charge in [-0.3, -0.25) is 14.8 Å². The third-order valence-electron chi connectivity index (χ3n) is 4.56. The van der Waals surface area contributed by atoms with E-state index in [4.69, 9.17) is 4.74 Å². The van der Waals surface area contributed by atoms with Gasteiger partial charge in [-0.1, -0.05) is 6.07 Å². The van der Waals surface area contributed by atoms with Gasteiger partial charge in [-0.2, -0.15) is 0 Å². The second-order valence-electron chi connectivity index (χ2n) is 6.63. The van der Waals surface area contributed by atoms with Gasteiger partial charge in [0.2, 0.25) is 0 Å². The van der Waals surface area contributed by atoms with E-state index in [1.54, 1.807) is 43.9 Å². The molecule has 1 amide bonds. The first-order valence-corrected chi connectivity index (χ1v) is 9.65. The Morgan fingerprint density at radius 3 is 2.74 bits per heavy atom. The highest BCUT2D eigenvalue weighted by Crippen LogP contribution is 2.16. The van der Waals surface area contributed by atoms with Gasteiger partial charge in [-0.25, -0.2) is 0 Å². The van der Waals surface area contributed by atoms with Gasteiger partial charge in [-0.05, 0) is 42.5 Å². The van der Waals surface area contributed by atoms with E-state index in [9.17, 15) is 4.79 Å². The highest BCUT2D eigenvalue weighted by Gasteiger charge is 2.10. The zero-order valence-corrected chi connectivity index (χ0v) is 16.9. The molecule has 0 fully saturated rings. The Hall–Kier alpha value is -4.27. The summed E-state index contributed by atoms with van der Waals surface area (Å²) in [6.45, 7) is 0.713. The molecule has 0 atom stereocenters. The zero-order chi connectivity index (χ0) is 21.5. The minimum atomic E-state index is -0.198. The first-order valence-electron chi connectivity index (χ1n) is 9.65. The molecule has 9 heteroatoms. The van der Waals surface area contributed by atoms with Crippen molar-refractivity contribution in [3.8, 4) is 17.1 Å². The van der Waals surface area contributed by atoms with Gasteiger partial charge in [0.25, 0.3) is 5.91 Å². The molecule has 3 N–H and O–H groups in total. The fraction of sp³-hybridized carbons (Fsp3) is 0.136. The minimum Gasteiger partial charge on any atom is -0.495 e. The molecule has 4 rings (SSSR count). The Labute approximate surface area is 178 Å². The molecule has 3 aromatic heterocycles. The van der Waals surface area contributed by atoms with Crippen molar-refractivity contribution in [2.24, 2.45) is 0 Å². The second kappa shape index (κ2) is 9.49. The van der Waals surface area contributed by atoms with Gasteiger partial charge in [0.15, 0.2) is 5.82 Å². The number of aromatic nitrogens is 5. The van der Waals surface area contributed by atoms with E-state index in [1.165, 1.54) is 0 Å². The molecule has 0 aliphatic carbocycles. The van der Waals surface area contributed by atoms with Crippen LogP contribution in [0.15, 0.2) is 67.1 Å². The monoisotopic (exact) mass is 415 g/mol. The van der Waals surface area contributed by atoms with E-state index in [2.05, 4.69) is 35.8 Å². The molecule has 0 radical (unpaired) electrons. The topological polar surface area (TPSA) is 118 Å². The van der Waals surface area contributed by atoms with Gasteiger partial charge in [0.05, 0.1) is 20.2 Å². The molecule has 1 aromatic carbocycles. The molecule has 9 nitrogen and oxygen atoms in total. The largest absolute Gasteiger partial charge is 0.495 e. The van der Waals surface area contributed by atoms with Gasteiger partial charge in [0, 0.05) is 35.4 Å². The quantitative estimate of drug-likeness (QED) is 0.405. The van der Waals surface area contributed by atoms with Crippen LogP contribution >= 0.6 is 0 Å². The van der Waals surface area contributed by atoms with Crippen LogP contribution in [0.3, 0.4) is 0 Å². The van der Waals surface area contributed by atoms with Gasteiger partial charge in [-0.15, -0.1) is 10.2 Å². The third kappa shape index (κ3) is 5.02. The molecule has 0 saturated carbocycles. The maximum atomic E-state index is 12.6. The standard InChI is InChI=1S/C22H21N7O2/c1-31-19-6-3-9-24-18(19)13-26-22(30)16-4-2-5-17(12-16)25-14-20-27-21(29-28-20)15-7-10-23-11-8-15/h2-12,25H,13-14H2,1H3,(H,26,30)(H,27,28,29). The minimum absolute atomic E-state index is 0.198. The lowest BCUT2D eigenvalue weighted by molar-refractivity contribution is 0.0950. The number of rotatable bonds is 8. The maximum Gasteiger partial charge on any atom is 0.251 e. The fourth-order valence-corrected chi connectivity index (χ4v) is 2.98. The summed E-state index contributed by atoms with van der Waals surface area (Å²) in [4.78, 5) is 24.0. The van der Waals surface area contributed by atoms with Crippen LogP contribution in [-0.2, 0) is 13.1 Å². The molecule has 0 bridgehead atoms. The van der Waals surface area contributed by atoms with Crippen molar-refractivity contribution in [2.75, 3.05) is 12.4 Å². The SMILES string of the molecule is COc1cccnc1CNC(=O)c1cccc(NCc2nnc(-c3ccncc3)[nH]2)c1. The van der Waals surface area contributed by atoms with Crippen LogP contribution in [-0.4, -0.2) is 38.2 Å². The van der Waals surface area contributed by atoms with Crippen LogP contribution < -0.4 is 15.4 Å². The number of carbonyl (C=O) groups excluding carboxylic acids is 1. The van der Waals surface area contributed by atoms with E-state index >= 15 is 0 Å². The average Bonchev–Trinajstić information content (AvgIpc) is 3.31. The Balaban J connectivity index is 1.36. The van der Waals surface area contributed by atoms with Gasteiger partial charge < -0.3 is 20.4 Å². The molecule has 0 spiro atoms. The number of ether oxygens (including phenoxy) is 1. The number of benzene rings is 1. The van der Waals surface area contributed by atoms with Gasteiger partial charge >= 0.3 is 0 Å². The number of pyridine rings is 2. The summed E-state index contributed by atoms with van der Waals surface area (Å²) >= 11 is 0. The molecule has 0 aliphatic heterocycles. The number of anilines is 1. The predicted octanol–water partition coefficient (Wildman–Crippen LogP) is 2.81. The number of aromatic amines is 1. The van der Waals surface area contributed by atoms with Crippen molar-refractivity contribution in [3.63, 3.8) is 0 Å². The number of methoxy groups -OCH3 is 1. The predicted molar refractivity (Wildman–Crippen MR) is 115 cm³/mol. The lowest BCUT2D eigenvalue weighted by Gasteiger charge is -2.10. The number of hydrogen-bond acceptors (Lipinski definition) is 7. The molecular formula is C22H21N7O2. The van der Waals surface area contributed by atoms with E-state index in [-0.39, 0.29) is 12.5 Å². The summed E-state index contributed by atoms with van der Waals surface area (Å²) in [6, 6.07) is 14.6. The number of nitrogens with zero attached hydrogens (tertiary/aromatic N) is 4. The first kappa shape index (κ1) is 20.0. The van der Waals surface area contributed by atoms with E-state index < -0.39 is 0 Å². The Morgan fingerprint density at radius 1 is 1.03 bits per heavy atom. The highest BCUT2D eigenvalue weighted by molar-refractivity contribution is 5.95. The molecule has 0 saturated heterocycles. The average molecular weight is 415 g/mol. The Morgan fingerprint density at radius 2 is 1.90 bits per heavy atom. The molecule has 156 valence electrons. The van der Waals surface area contributed by atoms with Crippen molar-refractivity contribution in [3.05, 3.63) is 84.2 Å². The molecule has 3 heterocycles. The van der Waals surface area contributed by atoms with Crippen LogP contribution in [0.5, 0.6) is 5.75 Å². The molecular weight excluding hydrogens is 394 g/mol. The van der Waals surface area contributed by atoms with E-state index in [1.807, 2.05) is 30.3 Å². The summed E-state index contributed by atoms with van der Waals surface area (Å²) in [6.07, 6.45) is 5.07. The molecule has 31 heavy (non-hydrogen) atoms. The third-order valence-corrected chi connectivity index (χ3v) is 4.56. The van der Waals surface area contributed by atoms with Crippen LogP contribution in [0.2, 0.25) is 0 Å². The van der Waals surface area contributed by atoms with Crippen LogP contribution in [0.4, 0.5) is 5.69 Å². The molecule has 4 aromatic rings. The number of hydrogen-bond donors (Lipinski definition) is 3. The van der Waals surface area contributed by atoms with Crippen LogP contribution in [0, 0.1) is 0 Å².